The summed E-state index contributed by atoms with van der Waals surface area (Å²) in [4.78, 5) is 15.5. The first-order valence-corrected chi connectivity index (χ1v) is 9.89. The van der Waals surface area contributed by atoms with Gasteiger partial charge in [0.15, 0.2) is 0 Å². The lowest BCUT2D eigenvalue weighted by Gasteiger charge is -2.13. The molecule has 30 heavy (non-hydrogen) atoms. The molecule has 0 saturated heterocycles. The summed E-state index contributed by atoms with van der Waals surface area (Å²) in [6, 6.07) is 12.5. The van der Waals surface area contributed by atoms with Gasteiger partial charge in [0.05, 0.1) is 12.0 Å². The summed E-state index contributed by atoms with van der Waals surface area (Å²) in [6.07, 6.45) is 3.56. The molecular formula is C22H18BrN3O4. The van der Waals surface area contributed by atoms with Crippen LogP contribution in [0.3, 0.4) is 0 Å². The van der Waals surface area contributed by atoms with Gasteiger partial charge in [-0.25, -0.2) is 4.98 Å². The first kappa shape index (κ1) is 19.9. The first-order chi connectivity index (χ1) is 14.4. The van der Waals surface area contributed by atoms with Gasteiger partial charge in [-0.3, -0.25) is 10.1 Å². The Balaban J connectivity index is 1.96. The maximum absolute atomic E-state index is 11.6. The lowest BCUT2D eigenvalue weighted by atomic mass is 10.0. The van der Waals surface area contributed by atoms with Gasteiger partial charge in [-0.1, -0.05) is 15.9 Å². The largest absolute Gasteiger partial charge is 0.479 e. The molecule has 0 unspecified atom stereocenters. The first-order valence-electron chi connectivity index (χ1n) is 9.10. The third kappa shape index (κ3) is 3.50. The molecule has 0 radical (unpaired) electrons. The molecule has 0 amide bonds. The summed E-state index contributed by atoms with van der Waals surface area (Å²) in [5, 5.41) is 12.5. The van der Waals surface area contributed by atoms with Gasteiger partial charge in [-0.05, 0) is 43.3 Å². The topological polar surface area (TPSA) is 79.4 Å². The van der Waals surface area contributed by atoms with E-state index < -0.39 is 0 Å². The Hall–Kier alpha value is -3.39. The van der Waals surface area contributed by atoms with E-state index in [4.69, 9.17) is 9.47 Å². The number of pyridine rings is 1. The number of fused-ring (bicyclic) bond motifs is 1. The summed E-state index contributed by atoms with van der Waals surface area (Å²) in [6.45, 7) is 1.70. The van der Waals surface area contributed by atoms with E-state index in [0.717, 1.165) is 20.9 Å². The van der Waals surface area contributed by atoms with Crippen molar-refractivity contribution >= 4 is 32.5 Å². The van der Waals surface area contributed by atoms with Gasteiger partial charge in [0.2, 0.25) is 5.88 Å². The van der Waals surface area contributed by atoms with Gasteiger partial charge in [-0.2, -0.15) is 0 Å². The van der Waals surface area contributed by atoms with Gasteiger partial charge in [0.1, 0.15) is 17.0 Å². The van der Waals surface area contributed by atoms with Crippen molar-refractivity contribution in [2.45, 2.75) is 6.92 Å². The molecule has 8 heteroatoms. The molecule has 0 bridgehead atoms. The fraction of sp³-hybridized carbons (Fsp3) is 0.136. The second kappa shape index (κ2) is 7.79. The molecule has 4 aromatic rings. The van der Waals surface area contributed by atoms with Crippen LogP contribution < -0.4 is 9.47 Å². The zero-order valence-corrected chi connectivity index (χ0v) is 18.1. The Morgan fingerprint density at radius 2 is 1.87 bits per heavy atom. The average molecular weight is 468 g/mol. The van der Waals surface area contributed by atoms with Crippen LogP contribution in [-0.4, -0.2) is 21.6 Å². The smallest absolute Gasteiger partial charge is 0.273 e. The number of aromatic nitrogens is 2. The second-order valence-electron chi connectivity index (χ2n) is 6.82. The highest BCUT2D eigenvalue weighted by Crippen LogP contribution is 2.42. The van der Waals surface area contributed by atoms with Crippen LogP contribution in [0.25, 0.3) is 22.0 Å². The minimum absolute atomic E-state index is 0.0335. The zero-order valence-electron chi connectivity index (χ0n) is 16.5. The van der Waals surface area contributed by atoms with Crippen LogP contribution in [0.1, 0.15) is 5.56 Å². The van der Waals surface area contributed by atoms with E-state index in [1.807, 2.05) is 48.1 Å². The Morgan fingerprint density at radius 3 is 2.53 bits per heavy atom. The molecule has 2 aromatic carbocycles. The molecule has 0 N–H and O–H groups in total. The second-order valence-corrected chi connectivity index (χ2v) is 7.73. The average Bonchev–Trinajstić information content (AvgIpc) is 3.06. The third-order valence-electron chi connectivity index (χ3n) is 4.88. The van der Waals surface area contributed by atoms with Crippen molar-refractivity contribution in [2.24, 2.45) is 7.05 Å². The molecule has 2 heterocycles. The van der Waals surface area contributed by atoms with E-state index in [0.29, 0.717) is 28.5 Å². The van der Waals surface area contributed by atoms with Gasteiger partial charge in [0.25, 0.3) is 5.69 Å². The molecular weight excluding hydrogens is 450 g/mol. The van der Waals surface area contributed by atoms with Gasteiger partial charge in [-0.15, -0.1) is 0 Å². The van der Waals surface area contributed by atoms with Gasteiger partial charge in [0, 0.05) is 52.1 Å². The maximum atomic E-state index is 11.6. The lowest BCUT2D eigenvalue weighted by Crippen LogP contribution is -1.96. The minimum atomic E-state index is -0.379. The van der Waals surface area contributed by atoms with Crippen molar-refractivity contribution in [1.82, 2.24) is 9.55 Å². The van der Waals surface area contributed by atoms with Crippen LogP contribution >= 0.6 is 15.9 Å². The molecule has 0 saturated carbocycles. The summed E-state index contributed by atoms with van der Waals surface area (Å²) in [5.41, 5.74) is 2.77. The van der Waals surface area contributed by atoms with E-state index in [9.17, 15) is 10.1 Å². The molecule has 7 nitrogen and oxygen atoms in total. The molecule has 2 aromatic heterocycles. The van der Waals surface area contributed by atoms with Crippen molar-refractivity contribution in [2.75, 3.05) is 7.11 Å². The fourth-order valence-electron chi connectivity index (χ4n) is 3.48. The van der Waals surface area contributed by atoms with Crippen LogP contribution in [0.15, 0.2) is 59.3 Å². The molecule has 152 valence electrons. The Morgan fingerprint density at radius 1 is 1.13 bits per heavy atom. The molecule has 0 aliphatic rings. The highest BCUT2D eigenvalue weighted by molar-refractivity contribution is 9.10. The van der Waals surface area contributed by atoms with Crippen LogP contribution in [0.5, 0.6) is 17.4 Å². The Kier molecular flexibility index (Phi) is 5.17. The number of rotatable bonds is 5. The van der Waals surface area contributed by atoms with E-state index in [1.54, 1.807) is 32.4 Å². The number of hydrogen-bond donors (Lipinski definition) is 0. The van der Waals surface area contributed by atoms with Crippen molar-refractivity contribution in [3.05, 3.63) is 75.0 Å². The van der Waals surface area contributed by atoms with E-state index in [-0.39, 0.29) is 10.6 Å². The quantitative estimate of drug-likeness (QED) is 0.264. The molecule has 0 fully saturated rings. The standard InChI is InChI=1S/C22H18BrN3O4/c1-13-10-20(30-15-6-4-14(23)5-7-15)17(11-19(13)26(27)28)18-12-25(2)21-16(18)8-9-24-22(21)29-3/h4-12H,1-3H3. The Labute approximate surface area is 181 Å². The number of ether oxygens (including phenoxy) is 2. The number of nitro benzene ring substituents is 1. The Bertz CT molecular complexity index is 1270. The predicted molar refractivity (Wildman–Crippen MR) is 118 cm³/mol. The molecule has 0 aliphatic carbocycles. The number of methoxy groups -OCH3 is 1. The minimum Gasteiger partial charge on any atom is -0.479 e. The van der Waals surface area contributed by atoms with E-state index in [1.165, 1.54) is 0 Å². The summed E-state index contributed by atoms with van der Waals surface area (Å²) >= 11 is 3.41. The number of hydrogen-bond acceptors (Lipinski definition) is 5. The van der Waals surface area contributed by atoms with Crippen molar-refractivity contribution in [3.8, 4) is 28.5 Å². The van der Waals surface area contributed by atoms with Crippen molar-refractivity contribution in [1.29, 1.82) is 0 Å². The monoisotopic (exact) mass is 467 g/mol. The number of halogens is 1. The van der Waals surface area contributed by atoms with Crippen LogP contribution in [0.2, 0.25) is 0 Å². The molecule has 4 rings (SSSR count). The third-order valence-corrected chi connectivity index (χ3v) is 5.40. The fourth-order valence-corrected chi connectivity index (χ4v) is 3.74. The van der Waals surface area contributed by atoms with E-state index in [2.05, 4.69) is 20.9 Å². The summed E-state index contributed by atoms with van der Waals surface area (Å²) in [5.74, 6) is 1.65. The van der Waals surface area contributed by atoms with Crippen LogP contribution in [0, 0.1) is 17.0 Å². The van der Waals surface area contributed by atoms with Gasteiger partial charge < -0.3 is 14.0 Å². The van der Waals surface area contributed by atoms with Crippen LogP contribution in [-0.2, 0) is 7.05 Å². The number of aryl methyl sites for hydroxylation is 2. The number of benzene rings is 2. The van der Waals surface area contributed by atoms with Gasteiger partial charge >= 0.3 is 0 Å². The molecule has 0 atom stereocenters. The maximum Gasteiger partial charge on any atom is 0.273 e. The zero-order chi connectivity index (χ0) is 21.4. The number of nitrogens with zero attached hydrogens (tertiary/aromatic N) is 3. The van der Waals surface area contributed by atoms with Crippen molar-refractivity contribution < 1.29 is 14.4 Å². The van der Waals surface area contributed by atoms with E-state index >= 15 is 0 Å². The predicted octanol–water partition coefficient (Wildman–Crippen LogP) is 6.02. The van der Waals surface area contributed by atoms with Crippen molar-refractivity contribution in [3.63, 3.8) is 0 Å². The number of nitro groups is 1. The lowest BCUT2D eigenvalue weighted by molar-refractivity contribution is -0.385. The summed E-state index contributed by atoms with van der Waals surface area (Å²) in [7, 11) is 3.45. The highest BCUT2D eigenvalue weighted by atomic mass is 79.9. The SMILES string of the molecule is COc1nccc2c(-c3cc([N+](=O)[O-])c(C)cc3Oc3ccc(Br)cc3)cn(C)c12. The van der Waals surface area contributed by atoms with Crippen LogP contribution in [0.4, 0.5) is 5.69 Å². The molecule has 0 aliphatic heterocycles. The summed E-state index contributed by atoms with van der Waals surface area (Å²) < 4.78 is 14.4. The normalized spacial score (nSPS) is 10.9. The highest BCUT2D eigenvalue weighted by Gasteiger charge is 2.22. The molecule has 0 spiro atoms.